The molecule has 4 heteroatoms. The fourth-order valence-corrected chi connectivity index (χ4v) is 1.86. The van der Waals surface area contributed by atoms with Crippen LogP contribution in [0.4, 0.5) is 10.5 Å². The van der Waals surface area contributed by atoms with Crippen molar-refractivity contribution in [3.63, 3.8) is 0 Å². The molecule has 0 fully saturated rings. The number of hydrazine groups is 1. The summed E-state index contributed by atoms with van der Waals surface area (Å²) in [5, 5.41) is 4.67. The topological polar surface area (TPSA) is 44.4 Å². The Bertz CT molecular complexity index is 528. The number of hydrogen-bond donors (Lipinski definition) is 2. The smallest absolute Gasteiger partial charge is 0.307 e. The highest BCUT2D eigenvalue weighted by Gasteiger charge is 2.07. The van der Waals surface area contributed by atoms with Crippen LogP contribution in [-0.4, -0.2) is 17.6 Å². The van der Waals surface area contributed by atoms with E-state index in [2.05, 4.69) is 10.7 Å². The van der Waals surface area contributed by atoms with E-state index >= 15 is 0 Å². The fourth-order valence-electron chi connectivity index (χ4n) is 1.86. The maximum Gasteiger partial charge on any atom is 0.333 e. The first-order chi connectivity index (χ1) is 9.78. The van der Waals surface area contributed by atoms with Gasteiger partial charge >= 0.3 is 6.03 Å². The van der Waals surface area contributed by atoms with Crippen LogP contribution in [0.1, 0.15) is 12.5 Å². The molecular weight excluding hydrogens is 250 g/mol. The molecule has 2 aromatic rings. The van der Waals surface area contributed by atoms with Gasteiger partial charge in [-0.3, -0.25) is 5.43 Å². The Labute approximate surface area is 119 Å². The third kappa shape index (κ3) is 4.40. The summed E-state index contributed by atoms with van der Waals surface area (Å²) < 4.78 is 0. The molecule has 4 nitrogen and oxygen atoms in total. The van der Waals surface area contributed by atoms with Crippen molar-refractivity contribution in [2.45, 2.75) is 13.5 Å². The molecule has 0 heterocycles. The van der Waals surface area contributed by atoms with E-state index in [1.54, 1.807) is 0 Å². The van der Waals surface area contributed by atoms with Crippen LogP contribution in [0.3, 0.4) is 0 Å². The summed E-state index contributed by atoms with van der Waals surface area (Å²) >= 11 is 0. The van der Waals surface area contributed by atoms with Gasteiger partial charge in [0, 0.05) is 18.8 Å². The monoisotopic (exact) mass is 269 g/mol. The molecular formula is C16H19N3O. The van der Waals surface area contributed by atoms with Gasteiger partial charge in [-0.05, 0) is 17.7 Å². The predicted molar refractivity (Wildman–Crippen MR) is 81.1 cm³/mol. The molecule has 2 rings (SSSR count). The maximum absolute atomic E-state index is 11.9. The molecule has 0 aromatic heterocycles. The van der Waals surface area contributed by atoms with Gasteiger partial charge in [-0.2, -0.15) is 0 Å². The Morgan fingerprint density at radius 3 is 2.20 bits per heavy atom. The van der Waals surface area contributed by atoms with Gasteiger partial charge in [-0.15, -0.1) is 0 Å². The first-order valence-electron chi connectivity index (χ1n) is 6.69. The van der Waals surface area contributed by atoms with Crippen LogP contribution in [0.2, 0.25) is 0 Å². The molecule has 0 aliphatic rings. The number of nitrogens with zero attached hydrogens (tertiary/aromatic N) is 1. The highest BCUT2D eigenvalue weighted by molar-refractivity contribution is 5.88. The fraction of sp³-hybridized carbons (Fsp3) is 0.188. The van der Waals surface area contributed by atoms with Crippen molar-refractivity contribution >= 4 is 11.7 Å². The summed E-state index contributed by atoms with van der Waals surface area (Å²) in [5.74, 6) is 0. The number of nitrogens with one attached hydrogen (secondary N) is 2. The lowest BCUT2D eigenvalue weighted by molar-refractivity contribution is 0.186. The molecule has 2 amide bonds. The number of urea groups is 1. The summed E-state index contributed by atoms with van der Waals surface area (Å²) in [4.78, 5) is 11.9. The minimum absolute atomic E-state index is 0.228. The summed E-state index contributed by atoms with van der Waals surface area (Å²) in [6.45, 7) is 3.42. The Morgan fingerprint density at radius 1 is 1.00 bits per heavy atom. The molecule has 0 saturated carbocycles. The zero-order chi connectivity index (χ0) is 14.2. The van der Waals surface area contributed by atoms with Crippen molar-refractivity contribution in [3.8, 4) is 0 Å². The van der Waals surface area contributed by atoms with Gasteiger partial charge in [0.1, 0.15) is 0 Å². The molecule has 0 spiro atoms. The number of benzene rings is 2. The normalized spacial score (nSPS) is 10.3. The maximum atomic E-state index is 11.9. The van der Waals surface area contributed by atoms with Gasteiger partial charge in [-0.1, -0.05) is 55.5 Å². The number of carbonyl (C=O) groups is 1. The van der Waals surface area contributed by atoms with Gasteiger partial charge < -0.3 is 5.32 Å². The molecule has 0 atom stereocenters. The average molecular weight is 269 g/mol. The van der Waals surface area contributed by atoms with Crippen molar-refractivity contribution in [3.05, 3.63) is 66.2 Å². The molecule has 0 aliphatic carbocycles. The second-order valence-corrected chi connectivity index (χ2v) is 4.43. The van der Waals surface area contributed by atoms with Gasteiger partial charge in [0.25, 0.3) is 0 Å². The van der Waals surface area contributed by atoms with Crippen LogP contribution in [0.15, 0.2) is 60.7 Å². The average Bonchev–Trinajstić information content (AvgIpc) is 2.48. The first kappa shape index (κ1) is 14.1. The molecule has 2 N–H and O–H groups in total. The Hall–Kier alpha value is -2.33. The molecule has 20 heavy (non-hydrogen) atoms. The predicted octanol–water partition coefficient (Wildman–Crippen LogP) is 3.25. The minimum Gasteiger partial charge on any atom is -0.307 e. The summed E-state index contributed by atoms with van der Waals surface area (Å²) in [6, 6.07) is 19.2. The van der Waals surface area contributed by atoms with E-state index in [1.165, 1.54) is 0 Å². The zero-order valence-electron chi connectivity index (χ0n) is 11.5. The van der Waals surface area contributed by atoms with Gasteiger partial charge in [-0.25, -0.2) is 9.80 Å². The lowest BCUT2D eigenvalue weighted by Crippen LogP contribution is -2.43. The van der Waals surface area contributed by atoms with E-state index < -0.39 is 0 Å². The largest absolute Gasteiger partial charge is 0.333 e. The SMILES string of the molecule is CCN(Cc1ccccc1)NC(=O)Nc1ccccc1. The number of amides is 2. The number of rotatable bonds is 5. The number of hydrogen-bond acceptors (Lipinski definition) is 2. The highest BCUT2D eigenvalue weighted by Crippen LogP contribution is 2.05. The standard InChI is InChI=1S/C16H19N3O/c1-2-19(13-14-9-5-3-6-10-14)18-16(20)17-15-11-7-4-8-12-15/h3-12H,2,13H2,1H3,(H2,17,18,20). The Morgan fingerprint density at radius 2 is 1.60 bits per heavy atom. The molecule has 0 bridgehead atoms. The lowest BCUT2D eigenvalue weighted by Gasteiger charge is -2.21. The van der Waals surface area contributed by atoms with Crippen molar-refractivity contribution < 1.29 is 4.79 Å². The molecule has 0 radical (unpaired) electrons. The van der Waals surface area contributed by atoms with E-state index in [9.17, 15) is 4.79 Å². The molecule has 2 aromatic carbocycles. The summed E-state index contributed by atoms with van der Waals surface area (Å²) in [7, 11) is 0. The minimum atomic E-state index is -0.228. The third-order valence-electron chi connectivity index (χ3n) is 2.89. The van der Waals surface area contributed by atoms with Crippen LogP contribution >= 0.6 is 0 Å². The first-order valence-corrected chi connectivity index (χ1v) is 6.69. The van der Waals surface area contributed by atoms with E-state index in [0.717, 1.165) is 17.8 Å². The van der Waals surface area contributed by atoms with Crippen LogP contribution in [0, 0.1) is 0 Å². The lowest BCUT2D eigenvalue weighted by atomic mass is 10.2. The van der Waals surface area contributed by atoms with E-state index in [-0.39, 0.29) is 6.03 Å². The second-order valence-electron chi connectivity index (χ2n) is 4.43. The van der Waals surface area contributed by atoms with Crippen LogP contribution in [0.5, 0.6) is 0 Å². The van der Waals surface area contributed by atoms with Crippen LogP contribution < -0.4 is 10.7 Å². The van der Waals surface area contributed by atoms with Gasteiger partial charge in [0.2, 0.25) is 0 Å². The van der Waals surface area contributed by atoms with Crippen molar-refractivity contribution in [2.75, 3.05) is 11.9 Å². The van der Waals surface area contributed by atoms with E-state index in [0.29, 0.717) is 6.54 Å². The number of anilines is 1. The van der Waals surface area contributed by atoms with Gasteiger partial charge in [0.15, 0.2) is 0 Å². The molecule has 104 valence electrons. The van der Waals surface area contributed by atoms with Crippen LogP contribution in [0.25, 0.3) is 0 Å². The van der Waals surface area contributed by atoms with Crippen LogP contribution in [-0.2, 0) is 6.54 Å². The van der Waals surface area contributed by atoms with E-state index in [4.69, 9.17) is 0 Å². The Balaban J connectivity index is 1.88. The summed E-state index contributed by atoms with van der Waals surface area (Å²) in [6.07, 6.45) is 0. The zero-order valence-corrected chi connectivity index (χ0v) is 11.5. The van der Waals surface area contributed by atoms with Crippen molar-refractivity contribution in [1.29, 1.82) is 0 Å². The quantitative estimate of drug-likeness (QED) is 0.818. The number of carbonyl (C=O) groups excluding carboxylic acids is 1. The van der Waals surface area contributed by atoms with Crippen molar-refractivity contribution in [1.82, 2.24) is 10.4 Å². The Kier molecular flexibility index (Phi) is 5.15. The highest BCUT2D eigenvalue weighted by atomic mass is 16.2. The van der Waals surface area contributed by atoms with E-state index in [1.807, 2.05) is 72.6 Å². The molecule has 0 aliphatic heterocycles. The van der Waals surface area contributed by atoms with Gasteiger partial charge in [0.05, 0.1) is 0 Å². The molecule has 0 unspecified atom stereocenters. The third-order valence-corrected chi connectivity index (χ3v) is 2.89. The summed E-state index contributed by atoms with van der Waals surface area (Å²) in [5.41, 5.74) is 4.79. The number of para-hydroxylation sites is 1. The molecule has 0 saturated heterocycles. The second kappa shape index (κ2) is 7.31. The van der Waals surface area contributed by atoms with Crippen molar-refractivity contribution in [2.24, 2.45) is 0 Å².